The molecule has 1 aromatic carbocycles. The predicted octanol–water partition coefficient (Wildman–Crippen LogP) is 2.23. The van der Waals surface area contributed by atoms with Gasteiger partial charge in [-0.15, -0.1) is 5.10 Å². The predicted molar refractivity (Wildman–Crippen MR) is 104 cm³/mol. The summed E-state index contributed by atoms with van der Waals surface area (Å²) in [7, 11) is 0. The van der Waals surface area contributed by atoms with Gasteiger partial charge in [-0.05, 0) is 47.5 Å². The van der Waals surface area contributed by atoms with E-state index in [2.05, 4.69) is 44.4 Å². The zero-order valence-corrected chi connectivity index (χ0v) is 16.6. The zero-order valence-electron chi connectivity index (χ0n) is 15.8. The maximum Gasteiger partial charge on any atom is 0.173 e. The maximum absolute atomic E-state index is 6.13. The highest BCUT2D eigenvalue weighted by Crippen LogP contribution is 2.29. The van der Waals surface area contributed by atoms with Gasteiger partial charge in [-0.1, -0.05) is 30.7 Å². The number of benzene rings is 1. The molecule has 2 saturated heterocycles. The molecule has 2 aliphatic rings. The summed E-state index contributed by atoms with van der Waals surface area (Å²) in [6.45, 7) is 8.97. The highest BCUT2D eigenvalue weighted by molar-refractivity contribution is 6.30. The summed E-state index contributed by atoms with van der Waals surface area (Å²) < 4.78 is 7.73. The van der Waals surface area contributed by atoms with Crippen molar-refractivity contribution in [1.82, 2.24) is 30.0 Å². The van der Waals surface area contributed by atoms with E-state index in [9.17, 15) is 0 Å². The van der Waals surface area contributed by atoms with E-state index in [0.29, 0.717) is 6.54 Å². The molecule has 2 aromatic rings. The number of rotatable bonds is 6. The lowest BCUT2D eigenvalue weighted by Crippen LogP contribution is -2.48. The van der Waals surface area contributed by atoms with Gasteiger partial charge in [0.1, 0.15) is 0 Å². The number of hydrogen-bond acceptors (Lipinski definition) is 6. The molecule has 0 amide bonds. The lowest BCUT2D eigenvalue weighted by Gasteiger charge is -2.38. The van der Waals surface area contributed by atoms with E-state index in [1.54, 1.807) is 0 Å². The third-order valence-electron chi connectivity index (χ3n) is 5.61. The van der Waals surface area contributed by atoms with Crippen LogP contribution in [-0.4, -0.2) is 75.4 Å². The molecule has 3 heterocycles. The number of hydrogen-bond donors (Lipinski definition) is 0. The first kappa shape index (κ1) is 18.8. The average molecular weight is 391 g/mol. The van der Waals surface area contributed by atoms with E-state index in [1.165, 1.54) is 5.56 Å². The smallest absolute Gasteiger partial charge is 0.173 e. The number of likely N-dealkylation sites (N-methyl/N-ethyl adjacent to an activating group) is 1. The molecule has 2 aliphatic heterocycles. The standard InChI is InChI=1S/C19H27ClN6O/c1-2-24-9-11-25(12-10-24)18(15-5-7-16(20)8-6-15)19-21-22-23-26(19)14-17-4-3-13-27-17/h5-8,17-18H,2-4,9-14H2,1H3/t17-,18-/m0/s1. The Morgan fingerprint density at radius 3 is 2.63 bits per heavy atom. The van der Waals surface area contributed by atoms with Crippen molar-refractivity contribution in [3.8, 4) is 0 Å². The van der Waals surface area contributed by atoms with Crippen LogP contribution in [0.4, 0.5) is 0 Å². The second kappa shape index (κ2) is 8.65. The maximum atomic E-state index is 6.13. The molecule has 27 heavy (non-hydrogen) atoms. The lowest BCUT2D eigenvalue weighted by molar-refractivity contribution is 0.0861. The molecule has 0 unspecified atom stereocenters. The molecular formula is C19H27ClN6O. The van der Waals surface area contributed by atoms with Crippen molar-refractivity contribution in [3.63, 3.8) is 0 Å². The summed E-state index contributed by atoms with van der Waals surface area (Å²) in [6.07, 6.45) is 2.39. The first-order chi connectivity index (χ1) is 13.2. The molecular weight excluding hydrogens is 364 g/mol. The first-order valence-electron chi connectivity index (χ1n) is 9.84. The van der Waals surface area contributed by atoms with E-state index in [-0.39, 0.29) is 12.1 Å². The van der Waals surface area contributed by atoms with E-state index in [1.807, 2.05) is 16.8 Å². The number of nitrogens with zero attached hydrogens (tertiary/aromatic N) is 6. The van der Waals surface area contributed by atoms with Crippen LogP contribution in [-0.2, 0) is 11.3 Å². The van der Waals surface area contributed by atoms with E-state index < -0.39 is 0 Å². The van der Waals surface area contributed by atoms with Crippen molar-refractivity contribution in [2.24, 2.45) is 0 Å². The molecule has 146 valence electrons. The molecule has 2 atom stereocenters. The first-order valence-corrected chi connectivity index (χ1v) is 10.2. The number of piperazine rings is 1. The minimum Gasteiger partial charge on any atom is -0.376 e. The summed E-state index contributed by atoms with van der Waals surface area (Å²) in [5, 5.41) is 13.5. The Morgan fingerprint density at radius 1 is 1.19 bits per heavy atom. The van der Waals surface area contributed by atoms with Crippen molar-refractivity contribution in [2.45, 2.75) is 38.5 Å². The number of tetrazole rings is 1. The SMILES string of the molecule is CCN1CCN([C@@H](c2ccc(Cl)cc2)c2nnnn2C[C@@H]2CCCO2)CC1. The van der Waals surface area contributed by atoms with Gasteiger partial charge in [0.25, 0.3) is 0 Å². The Hall–Kier alpha value is -1.54. The van der Waals surface area contributed by atoms with Crippen molar-refractivity contribution < 1.29 is 4.74 Å². The van der Waals surface area contributed by atoms with Crippen molar-refractivity contribution in [1.29, 1.82) is 0 Å². The van der Waals surface area contributed by atoms with Crippen LogP contribution in [0.2, 0.25) is 5.02 Å². The molecule has 1 aromatic heterocycles. The second-order valence-electron chi connectivity index (χ2n) is 7.28. The van der Waals surface area contributed by atoms with Crippen LogP contribution < -0.4 is 0 Å². The van der Waals surface area contributed by atoms with Gasteiger partial charge in [-0.2, -0.15) is 0 Å². The van der Waals surface area contributed by atoms with Crippen LogP contribution in [0.25, 0.3) is 0 Å². The van der Waals surface area contributed by atoms with Gasteiger partial charge in [0.2, 0.25) is 0 Å². The molecule has 4 rings (SSSR count). The molecule has 0 saturated carbocycles. The van der Waals surface area contributed by atoms with Crippen LogP contribution in [0.15, 0.2) is 24.3 Å². The Balaban J connectivity index is 1.62. The van der Waals surface area contributed by atoms with E-state index in [4.69, 9.17) is 16.3 Å². The van der Waals surface area contributed by atoms with Gasteiger partial charge in [0.05, 0.1) is 18.7 Å². The Kier molecular flexibility index (Phi) is 6.02. The Morgan fingerprint density at radius 2 is 1.96 bits per heavy atom. The summed E-state index contributed by atoms with van der Waals surface area (Å²) in [4.78, 5) is 4.96. The number of aromatic nitrogens is 4. The molecule has 0 radical (unpaired) electrons. The fourth-order valence-corrected chi connectivity index (χ4v) is 4.15. The minimum absolute atomic E-state index is 0.0256. The average Bonchev–Trinajstić information content (AvgIpc) is 3.37. The largest absolute Gasteiger partial charge is 0.376 e. The lowest BCUT2D eigenvalue weighted by atomic mass is 10.0. The van der Waals surface area contributed by atoms with Gasteiger partial charge < -0.3 is 9.64 Å². The van der Waals surface area contributed by atoms with Crippen LogP contribution in [0.5, 0.6) is 0 Å². The fourth-order valence-electron chi connectivity index (χ4n) is 4.02. The van der Waals surface area contributed by atoms with Crippen LogP contribution in [0, 0.1) is 0 Å². The van der Waals surface area contributed by atoms with Crippen molar-refractivity contribution in [3.05, 3.63) is 40.7 Å². The van der Waals surface area contributed by atoms with Gasteiger partial charge >= 0.3 is 0 Å². The summed E-state index contributed by atoms with van der Waals surface area (Å²) in [5.41, 5.74) is 1.17. The third kappa shape index (κ3) is 4.32. The molecule has 7 nitrogen and oxygen atoms in total. The van der Waals surface area contributed by atoms with Crippen molar-refractivity contribution in [2.75, 3.05) is 39.3 Å². The van der Waals surface area contributed by atoms with Gasteiger partial charge in [0, 0.05) is 37.8 Å². The van der Waals surface area contributed by atoms with Crippen molar-refractivity contribution >= 4 is 11.6 Å². The zero-order chi connectivity index (χ0) is 18.6. The molecule has 0 spiro atoms. The van der Waals surface area contributed by atoms with E-state index in [0.717, 1.165) is 63.0 Å². The van der Waals surface area contributed by atoms with Gasteiger partial charge in [-0.3, -0.25) is 4.90 Å². The highest BCUT2D eigenvalue weighted by Gasteiger charge is 2.31. The van der Waals surface area contributed by atoms with Gasteiger partial charge in [-0.25, -0.2) is 4.68 Å². The third-order valence-corrected chi connectivity index (χ3v) is 5.86. The normalized spacial score (nSPS) is 23.0. The molecule has 8 heteroatoms. The second-order valence-corrected chi connectivity index (χ2v) is 7.71. The highest BCUT2D eigenvalue weighted by atomic mass is 35.5. The summed E-state index contributed by atoms with van der Waals surface area (Å²) in [6, 6.07) is 8.09. The van der Waals surface area contributed by atoms with Crippen LogP contribution in [0.3, 0.4) is 0 Å². The monoisotopic (exact) mass is 390 g/mol. The topological polar surface area (TPSA) is 59.3 Å². The fraction of sp³-hybridized carbons (Fsp3) is 0.632. The number of ether oxygens (including phenoxy) is 1. The van der Waals surface area contributed by atoms with Crippen LogP contribution >= 0.6 is 11.6 Å². The van der Waals surface area contributed by atoms with E-state index >= 15 is 0 Å². The van der Waals surface area contributed by atoms with Crippen LogP contribution in [0.1, 0.15) is 37.2 Å². The summed E-state index contributed by atoms with van der Waals surface area (Å²) in [5.74, 6) is 0.887. The molecule has 0 bridgehead atoms. The minimum atomic E-state index is 0.0256. The quantitative estimate of drug-likeness (QED) is 0.753. The number of halogens is 1. The summed E-state index contributed by atoms with van der Waals surface area (Å²) >= 11 is 6.13. The Bertz CT molecular complexity index is 722. The van der Waals surface area contributed by atoms with Gasteiger partial charge in [0.15, 0.2) is 5.82 Å². The molecule has 0 N–H and O–H groups in total. The molecule has 0 aliphatic carbocycles. The Labute approximate surface area is 165 Å². The molecule has 2 fully saturated rings.